The largest absolute Gasteiger partial charge is 0.334 e. The summed E-state index contributed by atoms with van der Waals surface area (Å²) < 4.78 is 0. The van der Waals surface area contributed by atoms with E-state index in [0.717, 1.165) is 22.4 Å². The van der Waals surface area contributed by atoms with E-state index in [1.165, 1.54) is 0 Å². The third-order valence-corrected chi connectivity index (χ3v) is 3.43. The molecule has 23 heavy (non-hydrogen) atoms. The molecule has 1 heterocycles. The molecule has 0 saturated carbocycles. The van der Waals surface area contributed by atoms with E-state index in [0.29, 0.717) is 6.54 Å². The highest BCUT2D eigenvalue weighted by Gasteiger charge is 2.02. The van der Waals surface area contributed by atoms with Gasteiger partial charge in [-0.15, -0.1) is 0 Å². The topological polar surface area (TPSA) is 54.0 Å². The molecule has 0 aliphatic rings. The van der Waals surface area contributed by atoms with Crippen molar-refractivity contribution in [2.45, 2.75) is 6.54 Å². The summed E-state index contributed by atoms with van der Waals surface area (Å²) in [5.41, 5.74) is 3.99. The highest BCUT2D eigenvalue weighted by molar-refractivity contribution is 5.89. The number of hydrogen-bond acceptors (Lipinski definition) is 2. The third kappa shape index (κ3) is 4.17. The van der Waals surface area contributed by atoms with Gasteiger partial charge in [-0.25, -0.2) is 4.79 Å². The van der Waals surface area contributed by atoms with Gasteiger partial charge in [0.2, 0.25) is 0 Å². The van der Waals surface area contributed by atoms with E-state index in [2.05, 4.69) is 27.8 Å². The minimum absolute atomic E-state index is 0.235. The lowest BCUT2D eigenvalue weighted by Crippen LogP contribution is -2.28. The minimum atomic E-state index is -0.235. The Kier molecular flexibility index (Phi) is 4.64. The van der Waals surface area contributed by atoms with Crippen LogP contribution in [0.5, 0.6) is 0 Å². The molecule has 2 amide bonds. The SMILES string of the molecule is O=C(NCc1cccnc1)Nc1ccc(-c2ccccc2)cc1. The van der Waals surface area contributed by atoms with Crippen LogP contribution in [0.4, 0.5) is 10.5 Å². The molecule has 0 atom stereocenters. The Morgan fingerprint density at radius 1 is 0.870 bits per heavy atom. The molecule has 0 radical (unpaired) electrons. The first-order chi connectivity index (χ1) is 11.3. The van der Waals surface area contributed by atoms with Gasteiger partial charge < -0.3 is 10.6 Å². The first kappa shape index (κ1) is 14.8. The summed E-state index contributed by atoms with van der Waals surface area (Å²) in [4.78, 5) is 15.9. The molecule has 0 spiro atoms. The molecular weight excluding hydrogens is 286 g/mol. The Morgan fingerprint density at radius 2 is 1.61 bits per heavy atom. The molecule has 4 nitrogen and oxygen atoms in total. The van der Waals surface area contributed by atoms with Crippen molar-refractivity contribution in [1.82, 2.24) is 10.3 Å². The van der Waals surface area contributed by atoms with Gasteiger partial charge in [-0.1, -0.05) is 48.5 Å². The number of carbonyl (C=O) groups excluding carboxylic acids is 1. The fourth-order valence-electron chi connectivity index (χ4n) is 2.24. The van der Waals surface area contributed by atoms with Crippen molar-refractivity contribution in [2.24, 2.45) is 0 Å². The van der Waals surface area contributed by atoms with Crippen LogP contribution < -0.4 is 10.6 Å². The third-order valence-electron chi connectivity index (χ3n) is 3.43. The zero-order chi connectivity index (χ0) is 15.9. The van der Waals surface area contributed by atoms with Crippen LogP contribution in [0.1, 0.15) is 5.56 Å². The number of urea groups is 1. The Balaban J connectivity index is 1.57. The van der Waals surface area contributed by atoms with Gasteiger partial charge in [0.25, 0.3) is 0 Å². The number of hydrogen-bond donors (Lipinski definition) is 2. The van der Waals surface area contributed by atoms with Crippen molar-refractivity contribution in [1.29, 1.82) is 0 Å². The van der Waals surface area contributed by atoms with E-state index in [1.807, 2.05) is 54.6 Å². The maximum absolute atomic E-state index is 11.9. The van der Waals surface area contributed by atoms with E-state index in [4.69, 9.17) is 0 Å². The van der Waals surface area contributed by atoms with Gasteiger partial charge in [-0.05, 0) is 34.9 Å². The van der Waals surface area contributed by atoms with Crippen LogP contribution in [-0.4, -0.2) is 11.0 Å². The fraction of sp³-hybridized carbons (Fsp3) is 0.0526. The summed E-state index contributed by atoms with van der Waals surface area (Å²) in [7, 11) is 0. The fourth-order valence-corrected chi connectivity index (χ4v) is 2.24. The molecular formula is C19H17N3O. The molecule has 0 unspecified atom stereocenters. The van der Waals surface area contributed by atoms with Gasteiger partial charge >= 0.3 is 6.03 Å². The Labute approximate surface area is 135 Å². The number of anilines is 1. The second-order valence-corrected chi connectivity index (χ2v) is 5.11. The number of nitrogens with one attached hydrogen (secondary N) is 2. The molecule has 0 aliphatic carbocycles. The Bertz CT molecular complexity index is 756. The number of nitrogens with zero attached hydrogens (tertiary/aromatic N) is 1. The molecule has 114 valence electrons. The number of pyridine rings is 1. The van der Waals surface area contributed by atoms with Crippen molar-refractivity contribution < 1.29 is 4.79 Å². The molecule has 3 aromatic rings. The quantitative estimate of drug-likeness (QED) is 0.763. The zero-order valence-corrected chi connectivity index (χ0v) is 12.6. The Morgan fingerprint density at radius 3 is 2.30 bits per heavy atom. The normalized spacial score (nSPS) is 10.1. The average Bonchev–Trinajstić information content (AvgIpc) is 2.62. The van der Waals surface area contributed by atoms with E-state index in [9.17, 15) is 4.79 Å². The average molecular weight is 303 g/mol. The molecule has 3 rings (SSSR count). The summed E-state index contributed by atoms with van der Waals surface area (Å²) in [6.07, 6.45) is 3.44. The first-order valence-electron chi connectivity index (χ1n) is 7.40. The molecule has 0 fully saturated rings. The lowest BCUT2D eigenvalue weighted by Gasteiger charge is -2.08. The van der Waals surface area contributed by atoms with Gasteiger partial charge in [0.05, 0.1) is 0 Å². The minimum Gasteiger partial charge on any atom is -0.334 e. The van der Waals surface area contributed by atoms with Crippen molar-refractivity contribution in [3.63, 3.8) is 0 Å². The van der Waals surface area contributed by atoms with Crippen LogP contribution in [-0.2, 0) is 6.54 Å². The van der Waals surface area contributed by atoms with Crippen molar-refractivity contribution in [2.75, 3.05) is 5.32 Å². The molecule has 2 aromatic carbocycles. The summed E-state index contributed by atoms with van der Waals surface area (Å²) in [5, 5.41) is 5.62. The number of rotatable bonds is 4. The molecule has 4 heteroatoms. The standard InChI is InChI=1S/C19H17N3O/c23-19(21-14-15-5-4-12-20-13-15)22-18-10-8-17(9-11-18)16-6-2-1-3-7-16/h1-13H,14H2,(H2,21,22,23). The van der Waals surface area contributed by atoms with Crippen molar-refractivity contribution in [3.8, 4) is 11.1 Å². The molecule has 2 N–H and O–H groups in total. The van der Waals surface area contributed by atoms with Crippen molar-refractivity contribution in [3.05, 3.63) is 84.7 Å². The highest BCUT2D eigenvalue weighted by atomic mass is 16.2. The van der Waals surface area contributed by atoms with Crippen LogP contribution in [0.2, 0.25) is 0 Å². The van der Waals surface area contributed by atoms with Gasteiger partial charge in [-0.2, -0.15) is 0 Å². The lowest BCUT2D eigenvalue weighted by atomic mass is 10.1. The number of aromatic nitrogens is 1. The van der Waals surface area contributed by atoms with E-state index in [-0.39, 0.29) is 6.03 Å². The first-order valence-corrected chi connectivity index (χ1v) is 7.40. The zero-order valence-electron chi connectivity index (χ0n) is 12.6. The summed E-state index contributed by atoms with van der Waals surface area (Å²) in [5.74, 6) is 0. The number of carbonyl (C=O) groups is 1. The van der Waals surface area contributed by atoms with E-state index in [1.54, 1.807) is 12.4 Å². The van der Waals surface area contributed by atoms with Crippen molar-refractivity contribution >= 4 is 11.7 Å². The van der Waals surface area contributed by atoms with E-state index < -0.39 is 0 Å². The lowest BCUT2D eigenvalue weighted by molar-refractivity contribution is 0.251. The molecule has 0 aliphatic heterocycles. The van der Waals surface area contributed by atoms with Gasteiger partial charge in [0, 0.05) is 24.6 Å². The summed E-state index contributed by atoms with van der Waals surface area (Å²) in [6, 6.07) is 21.4. The number of benzene rings is 2. The van der Waals surface area contributed by atoms with Gasteiger partial charge in [0.15, 0.2) is 0 Å². The Hall–Kier alpha value is -3.14. The monoisotopic (exact) mass is 303 g/mol. The van der Waals surface area contributed by atoms with Gasteiger partial charge in [-0.3, -0.25) is 4.98 Å². The second kappa shape index (κ2) is 7.22. The van der Waals surface area contributed by atoms with E-state index >= 15 is 0 Å². The predicted octanol–water partition coefficient (Wildman–Crippen LogP) is 4.07. The predicted molar refractivity (Wildman–Crippen MR) is 92.0 cm³/mol. The molecule has 0 bridgehead atoms. The van der Waals surface area contributed by atoms with Crippen LogP contribution in [0.15, 0.2) is 79.1 Å². The van der Waals surface area contributed by atoms with Gasteiger partial charge in [0.1, 0.15) is 0 Å². The summed E-state index contributed by atoms with van der Waals surface area (Å²) >= 11 is 0. The smallest absolute Gasteiger partial charge is 0.319 e. The molecule has 0 saturated heterocycles. The highest BCUT2D eigenvalue weighted by Crippen LogP contribution is 2.20. The maximum Gasteiger partial charge on any atom is 0.319 e. The maximum atomic E-state index is 11.9. The second-order valence-electron chi connectivity index (χ2n) is 5.11. The number of amides is 2. The van der Waals surface area contributed by atoms with Crippen LogP contribution in [0.25, 0.3) is 11.1 Å². The molecule has 1 aromatic heterocycles. The van der Waals surface area contributed by atoms with Crippen LogP contribution in [0, 0.1) is 0 Å². The van der Waals surface area contributed by atoms with Crippen LogP contribution >= 0.6 is 0 Å². The summed E-state index contributed by atoms with van der Waals surface area (Å²) in [6.45, 7) is 0.446. The van der Waals surface area contributed by atoms with Crippen LogP contribution in [0.3, 0.4) is 0 Å².